The van der Waals surface area contributed by atoms with Gasteiger partial charge in [0.1, 0.15) is 17.7 Å². The molecular weight excluding hydrogens is 276 g/mol. The highest BCUT2D eigenvalue weighted by Crippen LogP contribution is 2.19. The van der Waals surface area contributed by atoms with Gasteiger partial charge in [-0.15, -0.1) is 0 Å². The minimum Gasteiger partial charge on any atom is -0.386 e. The van der Waals surface area contributed by atoms with Crippen molar-refractivity contribution in [2.75, 3.05) is 6.54 Å². The van der Waals surface area contributed by atoms with E-state index in [1.165, 1.54) is 12.3 Å². The molecule has 2 aromatic rings. The van der Waals surface area contributed by atoms with Crippen molar-refractivity contribution in [2.24, 2.45) is 0 Å². The number of rotatable bonds is 4. The van der Waals surface area contributed by atoms with Crippen LogP contribution in [0.3, 0.4) is 0 Å². The van der Waals surface area contributed by atoms with Crippen molar-refractivity contribution in [1.82, 2.24) is 14.1 Å². The first kappa shape index (κ1) is 13.5. The van der Waals surface area contributed by atoms with Gasteiger partial charge in [0.05, 0.1) is 23.5 Å². The van der Waals surface area contributed by atoms with E-state index in [0.717, 1.165) is 23.9 Å². The quantitative estimate of drug-likeness (QED) is 0.887. The Hall–Kier alpha value is -1.93. The minimum atomic E-state index is -1.48. The highest BCUT2D eigenvalue weighted by molar-refractivity contribution is 6.99. The lowest BCUT2D eigenvalue weighted by Gasteiger charge is -2.13. The number of benzene rings is 1. The molecule has 1 unspecified atom stereocenters. The Morgan fingerprint density at radius 1 is 1.42 bits per heavy atom. The maximum Gasteiger partial charge on any atom is 0.272 e. The van der Waals surface area contributed by atoms with Crippen LogP contribution in [0.2, 0.25) is 0 Å². The number of hydrogen-bond donors (Lipinski definition) is 2. The van der Waals surface area contributed by atoms with Crippen molar-refractivity contribution in [3.63, 3.8) is 0 Å². The van der Waals surface area contributed by atoms with Gasteiger partial charge in [0.25, 0.3) is 5.91 Å². The number of halogens is 2. The third-order valence-electron chi connectivity index (χ3n) is 2.38. The Bertz CT molecular complexity index is 557. The standard InChI is InChI=1S/C11H9F2N3O2S/c12-6-2-1-3-7(13)10(6)9(17)5-14-11(18)8-4-15-19-16-8/h1-4,9,17H,5H2,(H,14,18). The van der Waals surface area contributed by atoms with Gasteiger partial charge in [0.2, 0.25) is 0 Å². The van der Waals surface area contributed by atoms with Crippen molar-refractivity contribution in [2.45, 2.75) is 6.10 Å². The Labute approximate surface area is 111 Å². The molecule has 2 rings (SSSR count). The van der Waals surface area contributed by atoms with Crippen molar-refractivity contribution in [3.05, 3.63) is 47.3 Å². The molecule has 2 N–H and O–H groups in total. The average Bonchev–Trinajstić information content (AvgIpc) is 2.89. The Morgan fingerprint density at radius 3 is 2.68 bits per heavy atom. The molecule has 0 bridgehead atoms. The number of aliphatic hydroxyl groups excluding tert-OH is 1. The maximum absolute atomic E-state index is 13.4. The monoisotopic (exact) mass is 285 g/mol. The number of carbonyl (C=O) groups excluding carboxylic acids is 1. The van der Waals surface area contributed by atoms with Crippen LogP contribution < -0.4 is 5.32 Å². The molecule has 1 aromatic carbocycles. The zero-order chi connectivity index (χ0) is 13.8. The molecule has 0 saturated heterocycles. The topological polar surface area (TPSA) is 75.1 Å². The third kappa shape index (κ3) is 3.09. The second kappa shape index (κ2) is 5.81. The first-order valence-corrected chi connectivity index (χ1v) is 6.00. The average molecular weight is 285 g/mol. The predicted octanol–water partition coefficient (Wildman–Crippen LogP) is 1.28. The lowest BCUT2D eigenvalue weighted by atomic mass is 10.1. The highest BCUT2D eigenvalue weighted by Gasteiger charge is 2.19. The molecule has 8 heteroatoms. The van der Waals surface area contributed by atoms with Gasteiger partial charge in [0, 0.05) is 6.54 Å². The second-order valence-corrected chi connectivity index (χ2v) is 4.21. The lowest BCUT2D eigenvalue weighted by molar-refractivity contribution is 0.0907. The van der Waals surface area contributed by atoms with Crippen molar-refractivity contribution in [3.8, 4) is 0 Å². The van der Waals surface area contributed by atoms with E-state index in [-0.39, 0.29) is 12.2 Å². The summed E-state index contributed by atoms with van der Waals surface area (Å²) in [5.41, 5.74) is -0.384. The van der Waals surface area contributed by atoms with E-state index in [0.29, 0.717) is 0 Å². The number of nitrogens with one attached hydrogen (secondary N) is 1. The molecule has 1 atom stereocenters. The Morgan fingerprint density at radius 2 is 2.11 bits per heavy atom. The van der Waals surface area contributed by atoms with Crippen LogP contribution in [0.25, 0.3) is 0 Å². The van der Waals surface area contributed by atoms with Gasteiger partial charge in [-0.1, -0.05) is 6.07 Å². The van der Waals surface area contributed by atoms with E-state index < -0.39 is 29.2 Å². The van der Waals surface area contributed by atoms with Crippen LogP contribution in [0.4, 0.5) is 8.78 Å². The molecule has 0 aliphatic heterocycles. The van der Waals surface area contributed by atoms with Gasteiger partial charge >= 0.3 is 0 Å². The molecule has 0 aliphatic carbocycles. The molecule has 0 radical (unpaired) electrons. The van der Waals surface area contributed by atoms with Crippen LogP contribution in [-0.4, -0.2) is 26.3 Å². The van der Waals surface area contributed by atoms with Crippen molar-refractivity contribution in [1.29, 1.82) is 0 Å². The molecule has 100 valence electrons. The van der Waals surface area contributed by atoms with Crippen LogP contribution >= 0.6 is 11.7 Å². The Balaban J connectivity index is 2.02. The summed E-state index contributed by atoms with van der Waals surface area (Å²) in [4.78, 5) is 11.5. The molecule has 1 heterocycles. The second-order valence-electron chi connectivity index (χ2n) is 3.65. The van der Waals surface area contributed by atoms with Gasteiger partial charge < -0.3 is 10.4 Å². The van der Waals surface area contributed by atoms with E-state index in [4.69, 9.17) is 0 Å². The van der Waals surface area contributed by atoms with Gasteiger partial charge in [-0.25, -0.2) is 8.78 Å². The molecule has 0 saturated carbocycles. The fourth-order valence-electron chi connectivity index (χ4n) is 1.48. The van der Waals surface area contributed by atoms with Crippen molar-refractivity contribution >= 4 is 17.6 Å². The summed E-state index contributed by atoms with van der Waals surface area (Å²) in [6, 6.07) is 3.27. The number of nitrogens with zero attached hydrogens (tertiary/aromatic N) is 2. The maximum atomic E-state index is 13.4. The molecule has 1 amide bonds. The van der Waals surface area contributed by atoms with E-state index in [1.807, 2.05) is 0 Å². The summed E-state index contributed by atoms with van der Waals surface area (Å²) < 4.78 is 34.1. The Kier molecular flexibility index (Phi) is 4.13. The fraction of sp³-hybridized carbons (Fsp3) is 0.182. The highest BCUT2D eigenvalue weighted by atomic mass is 32.1. The minimum absolute atomic E-state index is 0.0891. The predicted molar refractivity (Wildman–Crippen MR) is 63.6 cm³/mol. The summed E-state index contributed by atoms with van der Waals surface area (Å²) >= 11 is 0.860. The van der Waals surface area contributed by atoms with Gasteiger partial charge in [-0.2, -0.15) is 8.75 Å². The molecular formula is C11H9F2N3O2S. The van der Waals surface area contributed by atoms with Crippen LogP contribution in [0.5, 0.6) is 0 Å². The molecule has 1 aromatic heterocycles. The first-order valence-electron chi connectivity index (χ1n) is 5.27. The van der Waals surface area contributed by atoms with Crippen LogP contribution in [0.15, 0.2) is 24.4 Å². The van der Waals surface area contributed by atoms with E-state index in [2.05, 4.69) is 14.1 Å². The van der Waals surface area contributed by atoms with E-state index in [1.54, 1.807) is 0 Å². The summed E-state index contributed by atoms with van der Waals surface area (Å²) in [5, 5.41) is 12.0. The number of carbonyl (C=O) groups is 1. The normalized spacial score (nSPS) is 12.2. The van der Waals surface area contributed by atoms with Gasteiger partial charge in [-0.3, -0.25) is 4.79 Å². The van der Waals surface area contributed by atoms with Crippen LogP contribution in [0.1, 0.15) is 22.2 Å². The number of amides is 1. The summed E-state index contributed by atoms with van der Waals surface area (Å²) in [6.07, 6.45) is -0.215. The number of aromatic nitrogens is 2. The van der Waals surface area contributed by atoms with Crippen LogP contribution in [-0.2, 0) is 0 Å². The first-order chi connectivity index (χ1) is 9.09. The number of hydrogen-bond acceptors (Lipinski definition) is 5. The molecule has 0 spiro atoms. The van der Waals surface area contributed by atoms with Gasteiger partial charge in [-0.05, 0) is 12.1 Å². The summed E-state index contributed by atoms with van der Waals surface area (Å²) in [7, 11) is 0. The number of aliphatic hydroxyl groups is 1. The van der Waals surface area contributed by atoms with Crippen LogP contribution in [0, 0.1) is 11.6 Å². The lowest BCUT2D eigenvalue weighted by Crippen LogP contribution is -2.29. The molecule has 0 fully saturated rings. The van der Waals surface area contributed by atoms with E-state index in [9.17, 15) is 18.7 Å². The molecule has 19 heavy (non-hydrogen) atoms. The third-order valence-corrected chi connectivity index (χ3v) is 2.86. The summed E-state index contributed by atoms with van der Waals surface area (Å²) in [6.45, 7) is -0.325. The molecule has 0 aliphatic rings. The smallest absolute Gasteiger partial charge is 0.272 e. The van der Waals surface area contributed by atoms with E-state index >= 15 is 0 Å². The fourth-order valence-corrected chi connectivity index (χ4v) is 1.89. The zero-order valence-corrected chi connectivity index (χ0v) is 10.3. The summed E-state index contributed by atoms with van der Waals surface area (Å²) in [5.74, 6) is -2.29. The molecule has 5 nitrogen and oxygen atoms in total. The SMILES string of the molecule is O=C(NCC(O)c1c(F)cccc1F)c1cnsn1. The zero-order valence-electron chi connectivity index (χ0n) is 9.51. The largest absolute Gasteiger partial charge is 0.386 e. The van der Waals surface area contributed by atoms with Crippen molar-refractivity contribution < 1.29 is 18.7 Å². The van der Waals surface area contributed by atoms with Gasteiger partial charge in [0.15, 0.2) is 5.69 Å².